The van der Waals surface area contributed by atoms with Crippen molar-refractivity contribution in [3.05, 3.63) is 34.1 Å². The van der Waals surface area contributed by atoms with E-state index in [-0.39, 0.29) is 11.4 Å². The van der Waals surface area contributed by atoms with E-state index in [1.165, 1.54) is 18.9 Å². The molecule has 4 heteroatoms. The van der Waals surface area contributed by atoms with Crippen molar-refractivity contribution in [3.63, 3.8) is 0 Å². The number of likely N-dealkylation sites (N-methyl/N-ethyl adjacent to an activating group) is 1. The van der Waals surface area contributed by atoms with Crippen LogP contribution in [0.25, 0.3) is 0 Å². The normalized spacial score (nSPS) is 20.3. The molecule has 0 spiro atoms. The van der Waals surface area contributed by atoms with Crippen LogP contribution < -0.4 is 0 Å². The van der Waals surface area contributed by atoms with E-state index in [4.69, 9.17) is 0 Å². The molecule has 2 nitrogen and oxygen atoms in total. The summed E-state index contributed by atoms with van der Waals surface area (Å²) in [5.74, 6) is -0.236. The lowest BCUT2D eigenvalue weighted by Crippen LogP contribution is -2.54. The first-order chi connectivity index (χ1) is 9.95. The van der Waals surface area contributed by atoms with Gasteiger partial charge in [-0.15, -0.1) is 0 Å². The molecule has 1 aromatic rings. The zero-order chi connectivity index (χ0) is 15.5. The Morgan fingerprint density at radius 3 is 2.43 bits per heavy atom. The van der Waals surface area contributed by atoms with Crippen LogP contribution in [0, 0.1) is 5.82 Å². The second kappa shape index (κ2) is 7.21. The summed E-state index contributed by atoms with van der Waals surface area (Å²) in [4.78, 5) is 2.15. The average Bonchev–Trinajstić information content (AvgIpc) is 2.69. The van der Waals surface area contributed by atoms with E-state index in [2.05, 4.69) is 20.8 Å². The largest absolute Gasteiger partial charge is 0.391 e. The van der Waals surface area contributed by atoms with Gasteiger partial charge in [0.25, 0.3) is 0 Å². The minimum Gasteiger partial charge on any atom is -0.391 e. The third-order valence-corrected chi connectivity index (χ3v) is 5.39. The minimum absolute atomic E-state index is 0.231. The Kier molecular flexibility index (Phi) is 5.81. The second-order valence-corrected chi connectivity index (χ2v) is 7.28. The van der Waals surface area contributed by atoms with Gasteiger partial charge < -0.3 is 10.0 Å². The van der Waals surface area contributed by atoms with Gasteiger partial charge in [0.05, 0.1) is 6.10 Å². The summed E-state index contributed by atoms with van der Waals surface area (Å²) >= 11 is 3.38. The maximum absolute atomic E-state index is 14.0. The third-order valence-electron chi connectivity index (χ3n) is 4.90. The molecule has 0 heterocycles. The lowest BCUT2D eigenvalue weighted by Gasteiger charge is -2.43. The van der Waals surface area contributed by atoms with E-state index in [1.807, 2.05) is 14.1 Å². The van der Waals surface area contributed by atoms with Gasteiger partial charge >= 0.3 is 0 Å². The smallest absolute Gasteiger partial charge is 0.126 e. The number of halogens is 2. The first kappa shape index (κ1) is 16.9. The molecule has 21 heavy (non-hydrogen) atoms. The van der Waals surface area contributed by atoms with E-state index >= 15 is 0 Å². The molecular weight excluding hydrogens is 333 g/mol. The maximum Gasteiger partial charge on any atom is 0.126 e. The van der Waals surface area contributed by atoms with E-state index in [0.29, 0.717) is 12.0 Å². The number of rotatable bonds is 4. The zero-order valence-corrected chi connectivity index (χ0v) is 14.5. The van der Waals surface area contributed by atoms with Crippen LogP contribution in [-0.4, -0.2) is 35.7 Å². The quantitative estimate of drug-likeness (QED) is 0.818. The highest BCUT2D eigenvalue weighted by Gasteiger charge is 2.40. The highest BCUT2D eigenvalue weighted by atomic mass is 79.9. The molecule has 1 atom stereocenters. The zero-order valence-electron chi connectivity index (χ0n) is 12.9. The summed E-state index contributed by atoms with van der Waals surface area (Å²) in [5.41, 5.74) is 0.355. The summed E-state index contributed by atoms with van der Waals surface area (Å²) in [6, 6.07) is 4.93. The molecule has 1 N–H and O–H groups in total. The van der Waals surface area contributed by atoms with Crippen molar-refractivity contribution in [2.24, 2.45) is 0 Å². The highest BCUT2D eigenvalue weighted by Crippen LogP contribution is 2.35. The van der Waals surface area contributed by atoms with Crippen LogP contribution in [-0.2, 0) is 6.42 Å². The standard InChI is InChI=1S/C17H25BrFNO/c1-20(2)17(9-5-3-4-6-10-17)16(21)12-13-11-14(18)7-8-15(13)19/h7-8,11,16,21H,3-6,9-10,12H2,1-2H3. The van der Waals surface area contributed by atoms with Crippen LogP contribution >= 0.6 is 15.9 Å². The van der Waals surface area contributed by atoms with Crippen molar-refractivity contribution in [1.82, 2.24) is 4.90 Å². The van der Waals surface area contributed by atoms with Crippen LogP contribution in [0.2, 0.25) is 0 Å². The molecule has 1 fully saturated rings. The third kappa shape index (κ3) is 3.85. The molecule has 0 aromatic heterocycles. The molecule has 1 aliphatic carbocycles. The van der Waals surface area contributed by atoms with Gasteiger partial charge in [-0.2, -0.15) is 0 Å². The summed E-state index contributed by atoms with van der Waals surface area (Å²) in [5, 5.41) is 10.9. The molecule has 0 radical (unpaired) electrons. The molecule has 1 aromatic carbocycles. The Bertz CT molecular complexity index is 470. The molecule has 0 amide bonds. The van der Waals surface area contributed by atoms with E-state index in [1.54, 1.807) is 12.1 Å². The van der Waals surface area contributed by atoms with Crippen molar-refractivity contribution >= 4 is 15.9 Å². The van der Waals surface area contributed by atoms with Gasteiger partial charge in [-0.25, -0.2) is 4.39 Å². The van der Waals surface area contributed by atoms with Gasteiger partial charge in [-0.05, 0) is 50.7 Å². The Morgan fingerprint density at radius 2 is 1.86 bits per heavy atom. The van der Waals surface area contributed by atoms with Crippen molar-refractivity contribution < 1.29 is 9.50 Å². The lowest BCUT2D eigenvalue weighted by atomic mass is 9.80. The maximum atomic E-state index is 14.0. The van der Waals surface area contributed by atoms with Crippen LogP contribution in [0.4, 0.5) is 4.39 Å². The monoisotopic (exact) mass is 357 g/mol. The predicted molar refractivity (Wildman–Crippen MR) is 87.9 cm³/mol. The van der Waals surface area contributed by atoms with Crippen molar-refractivity contribution in [2.75, 3.05) is 14.1 Å². The summed E-state index contributed by atoms with van der Waals surface area (Å²) in [6.07, 6.45) is 6.51. The molecule has 2 rings (SSSR count). The fraction of sp³-hybridized carbons (Fsp3) is 0.647. The highest BCUT2D eigenvalue weighted by molar-refractivity contribution is 9.10. The van der Waals surface area contributed by atoms with E-state index < -0.39 is 6.10 Å². The molecule has 0 aliphatic heterocycles. The number of hydrogen-bond acceptors (Lipinski definition) is 2. The molecule has 1 unspecified atom stereocenters. The molecule has 0 saturated heterocycles. The Hall–Kier alpha value is -0.450. The van der Waals surface area contributed by atoms with Gasteiger partial charge in [-0.1, -0.05) is 41.6 Å². The van der Waals surface area contributed by atoms with Gasteiger partial charge in [-0.3, -0.25) is 0 Å². The first-order valence-corrected chi connectivity index (χ1v) is 8.54. The van der Waals surface area contributed by atoms with Crippen molar-refractivity contribution in [3.8, 4) is 0 Å². The Balaban J connectivity index is 2.22. The molecule has 1 saturated carbocycles. The summed E-state index contributed by atoms with van der Waals surface area (Å²) in [7, 11) is 4.07. The molecule has 118 valence electrons. The van der Waals surface area contributed by atoms with E-state index in [0.717, 1.165) is 30.2 Å². The van der Waals surface area contributed by atoms with Crippen LogP contribution in [0.3, 0.4) is 0 Å². The molecule has 0 bridgehead atoms. The first-order valence-electron chi connectivity index (χ1n) is 7.75. The number of nitrogens with zero attached hydrogens (tertiary/aromatic N) is 1. The summed E-state index contributed by atoms with van der Waals surface area (Å²) in [6.45, 7) is 0. The van der Waals surface area contributed by atoms with Crippen LogP contribution in [0.5, 0.6) is 0 Å². The number of aliphatic hydroxyl groups is 1. The Morgan fingerprint density at radius 1 is 1.24 bits per heavy atom. The van der Waals surface area contributed by atoms with E-state index in [9.17, 15) is 9.50 Å². The molecule has 1 aliphatic rings. The van der Waals surface area contributed by atoms with Gasteiger partial charge in [0.2, 0.25) is 0 Å². The minimum atomic E-state index is -0.547. The number of aliphatic hydroxyl groups excluding tert-OH is 1. The fourth-order valence-corrected chi connectivity index (χ4v) is 3.93. The fourth-order valence-electron chi connectivity index (χ4n) is 3.52. The van der Waals surface area contributed by atoms with Gasteiger partial charge in [0.1, 0.15) is 5.82 Å². The van der Waals surface area contributed by atoms with Crippen molar-refractivity contribution in [2.45, 2.75) is 56.6 Å². The van der Waals surface area contributed by atoms with Gasteiger partial charge in [0, 0.05) is 16.4 Å². The van der Waals surface area contributed by atoms with Crippen LogP contribution in [0.15, 0.2) is 22.7 Å². The lowest BCUT2D eigenvalue weighted by molar-refractivity contribution is -0.0178. The topological polar surface area (TPSA) is 23.5 Å². The molecular formula is C17H25BrFNO. The van der Waals surface area contributed by atoms with Crippen LogP contribution in [0.1, 0.15) is 44.1 Å². The summed E-state index contributed by atoms with van der Waals surface area (Å²) < 4.78 is 14.8. The predicted octanol–water partition coefficient (Wildman–Crippen LogP) is 4.15. The second-order valence-electron chi connectivity index (χ2n) is 6.37. The van der Waals surface area contributed by atoms with Gasteiger partial charge in [0.15, 0.2) is 0 Å². The number of hydrogen-bond donors (Lipinski definition) is 1. The number of benzene rings is 1. The van der Waals surface area contributed by atoms with Crippen molar-refractivity contribution in [1.29, 1.82) is 0 Å². The SMILES string of the molecule is CN(C)C1(C(O)Cc2cc(Br)ccc2F)CCCCCC1. The average molecular weight is 358 g/mol. The Labute approximate surface area is 135 Å².